The Hall–Kier alpha value is -1.15. The van der Waals surface area contributed by atoms with Crippen LogP contribution >= 0.6 is 0 Å². The second kappa shape index (κ2) is 5.46. The highest BCUT2D eigenvalue weighted by Crippen LogP contribution is 2.18. The number of rotatable bonds is 4. The molecule has 0 aromatic heterocycles. The van der Waals surface area contributed by atoms with E-state index < -0.39 is 0 Å². The van der Waals surface area contributed by atoms with Gasteiger partial charge in [0, 0.05) is 13.0 Å². The molecule has 1 unspecified atom stereocenters. The van der Waals surface area contributed by atoms with E-state index in [2.05, 4.69) is 43.4 Å². The van der Waals surface area contributed by atoms with Gasteiger partial charge in [-0.2, -0.15) is 0 Å². The fraction of sp³-hybridized carbons (Fsp3) is 0.533. The van der Waals surface area contributed by atoms with Crippen molar-refractivity contribution in [1.82, 2.24) is 5.32 Å². The third-order valence-electron chi connectivity index (χ3n) is 3.44. The Morgan fingerprint density at radius 3 is 2.76 bits per heavy atom. The smallest absolute Gasteiger partial charge is 0.150 e. The molecule has 0 bridgehead atoms. The molecular weight excluding hydrogens is 210 g/mol. The Morgan fingerprint density at radius 2 is 2.06 bits per heavy atom. The molecule has 2 rings (SSSR count). The lowest BCUT2D eigenvalue weighted by Gasteiger charge is -2.25. The molecule has 0 aliphatic carbocycles. The number of fused-ring (bicyclic) bond motifs is 1. The van der Waals surface area contributed by atoms with Crippen molar-refractivity contribution in [3.63, 3.8) is 0 Å². The molecule has 1 aromatic carbocycles. The van der Waals surface area contributed by atoms with Gasteiger partial charge in [0.1, 0.15) is 5.78 Å². The third-order valence-corrected chi connectivity index (χ3v) is 3.44. The summed E-state index contributed by atoms with van der Waals surface area (Å²) in [6.45, 7) is 5.15. The van der Waals surface area contributed by atoms with Crippen LogP contribution < -0.4 is 5.32 Å². The van der Waals surface area contributed by atoms with Crippen LogP contribution in [0.1, 0.15) is 37.8 Å². The van der Waals surface area contributed by atoms with Gasteiger partial charge in [0.25, 0.3) is 0 Å². The first-order valence-corrected chi connectivity index (χ1v) is 6.49. The predicted molar refractivity (Wildman–Crippen MR) is 69.9 cm³/mol. The predicted octanol–water partition coefficient (Wildman–Crippen LogP) is 2.71. The lowest BCUT2D eigenvalue weighted by molar-refractivity contribution is -0.121. The maximum absolute atomic E-state index is 12.0. The first kappa shape index (κ1) is 12.3. The highest BCUT2D eigenvalue weighted by Gasteiger charge is 2.23. The molecule has 0 saturated carbocycles. The summed E-state index contributed by atoms with van der Waals surface area (Å²) in [6, 6.07) is 8.42. The zero-order valence-corrected chi connectivity index (χ0v) is 10.7. The number of nitrogens with one attached hydrogen (secondary N) is 1. The maximum Gasteiger partial charge on any atom is 0.150 e. The van der Waals surface area contributed by atoms with Gasteiger partial charge in [0.15, 0.2) is 0 Å². The van der Waals surface area contributed by atoms with Crippen molar-refractivity contribution in [2.75, 3.05) is 0 Å². The van der Waals surface area contributed by atoms with Crippen molar-refractivity contribution >= 4 is 5.78 Å². The van der Waals surface area contributed by atoms with Crippen LogP contribution in [0.15, 0.2) is 24.3 Å². The van der Waals surface area contributed by atoms with Gasteiger partial charge in [0.05, 0.1) is 6.04 Å². The number of carbonyl (C=O) groups excluding carboxylic acids is 1. The van der Waals surface area contributed by atoms with Crippen molar-refractivity contribution in [2.45, 2.75) is 45.7 Å². The second-order valence-corrected chi connectivity index (χ2v) is 5.31. The van der Waals surface area contributed by atoms with E-state index in [0.29, 0.717) is 18.1 Å². The number of carbonyl (C=O) groups is 1. The minimum atomic E-state index is 0.0312. The summed E-state index contributed by atoms with van der Waals surface area (Å²) < 4.78 is 0. The Morgan fingerprint density at radius 1 is 1.35 bits per heavy atom. The maximum atomic E-state index is 12.0. The lowest BCUT2D eigenvalue weighted by Crippen LogP contribution is -2.41. The van der Waals surface area contributed by atoms with Crippen LogP contribution in [0.3, 0.4) is 0 Å². The Kier molecular flexibility index (Phi) is 3.95. The molecule has 0 amide bonds. The average Bonchev–Trinajstić information content (AvgIpc) is 2.35. The molecule has 92 valence electrons. The van der Waals surface area contributed by atoms with Crippen molar-refractivity contribution in [3.8, 4) is 0 Å². The zero-order chi connectivity index (χ0) is 12.3. The Balaban J connectivity index is 1.95. The van der Waals surface area contributed by atoms with Crippen LogP contribution in [-0.2, 0) is 17.8 Å². The molecule has 1 aromatic rings. The Bertz CT molecular complexity index is 398. The summed E-state index contributed by atoms with van der Waals surface area (Å²) in [6.07, 6.45) is 2.56. The normalized spacial score (nSPS) is 19.1. The number of benzene rings is 1. The minimum Gasteiger partial charge on any atom is -0.303 e. The van der Waals surface area contributed by atoms with E-state index in [4.69, 9.17) is 0 Å². The van der Waals surface area contributed by atoms with Gasteiger partial charge < -0.3 is 5.32 Å². The number of ketones is 1. The van der Waals surface area contributed by atoms with Crippen LogP contribution in [0.5, 0.6) is 0 Å². The molecule has 1 atom stereocenters. The van der Waals surface area contributed by atoms with E-state index in [1.807, 2.05) is 0 Å². The monoisotopic (exact) mass is 231 g/mol. The summed E-state index contributed by atoms with van der Waals surface area (Å²) >= 11 is 0. The first-order chi connectivity index (χ1) is 8.16. The van der Waals surface area contributed by atoms with E-state index in [1.165, 1.54) is 11.1 Å². The number of Topliss-reactive ketones (excluding diaryl/α,β-unsaturated/α-hetero) is 1. The molecule has 2 nitrogen and oxygen atoms in total. The number of hydrogen-bond donors (Lipinski definition) is 1. The molecule has 0 spiro atoms. The minimum absolute atomic E-state index is 0.0312. The molecule has 2 heteroatoms. The quantitative estimate of drug-likeness (QED) is 0.863. The van der Waals surface area contributed by atoms with Crippen molar-refractivity contribution in [2.24, 2.45) is 5.92 Å². The molecule has 0 fully saturated rings. The molecule has 1 aliphatic rings. The van der Waals surface area contributed by atoms with Crippen LogP contribution in [0.4, 0.5) is 0 Å². The zero-order valence-electron chi connectivity index (χ0n) is 10.7. The van der Waals surface area contributed by atoms with Gasteiger partial charge >= 0.3 is 0 Å². The number of hydrogen-bond acceptors (Lipinski definition) is 2. The van der Waals surface area contributed by atoms with Gasteiger partial charge in [-0.25, -0.2) is 0 Å². The highest BCUT2D eigenvalue weighted by molar-refractivity contribution is 5.84. The van der Waals surface area contributed by atoms with Crippen LogP contribution in [0.25, 0.3) is 0 Å². The van der Waals surface area contributed by atoms with E-state index in [9.17, 15) is 4.79 Å². The summed E-state index contributed by atoms with van der Waals surface area (Å²) in [5, 5.41) is 3.35. The average molecular weight is 231 g/mol. The van der Waals surface area contributed by atoms with Crippen molar-refractivity contribution < 1.29 is 4.79 Å². The second-order valence-electron chi connectivity index (χ2n) is 5.31. The molecule has 1 aliphatic heterocycles. The van der Waals surface area contributed by atoms with Gasteiger partial charge in [0.2, 0.25) is 0 Å². The topological polar surface area (TPSA) is 29.1 Å². The third kappa shape index (κ3) is 3.16. The van der Waals surface area contributed by atoms with Gasteiger partial charge in [-0.1, -0.05) is 38.1 Å². The summed E-state index contributed by atoms with van der Waals surface area (Å²) in [4.78, 5) is 12.0. The van der Waals surface area contributed by atoms with Crippen LogP contribution in [0, 0.1) is 5.92 Å². The van der Waals surface area contributed by atoms with Crippen molar-refractivity contribution in [3.05, 3.63) is 35.4 Å². The highest BCUT2D eigenvalue weighted by atomic mass is 16.1. The van der Waals surface area contributed by atoms with E-state index >= 15 is 0 Å². The van der Waals surface area contributed by atoms with Crippen molar-refractivity contribution in [1.29, 1.82) is 0 Å². The van der Waals surface area contributed by atoms with E-state index in [0.717, 1.165) is 19.4 Å². The fourth-order valence-corrected chi connectivity index (χ4v) is 2.29. The van der Waals surface area contributed by atoms with E-state index in [-0.39, 0.29) is 6.04 Å². The summed E-state index contributed by atoms with van der Waals surface area (Å²) in [7, 11) is 0. The SMILES string of the molecule is CC(C)CCC(=O)C1Cc2ccccc2CN1. The molecule has 17 heavy (non-hydrogen) atoms. The fourth-order valence-electron chi connectivity index (χ4n) is 2.29. The largest absolute Gasteiger partial charge is 0.303 e. The van der Waals surface area contributed by atoms with Gasteiger partial charge in [-0.3, -0.25) is 4.79 Å². The van der Waals surface area contributed by atoms with Gasteiger partial charge in [-0.15, -0.1) is 0 Å². The van der Waals surface area contributed by atoms with Gasteiger partial charge in [-0.05, 0) is 29.9 Å². The lowest BCUT2D eigenvalue weighted by atomic mass is 9.91. The Labute approximate surface area is 103 Å². The molecule has 0 saturated heterocycles. The standard InChI is InChI=1S/C15H21NO/c1-11(2)7-8-15(17)14-9-12-5-3-4-6-13(12)10-16-14/h3-6,11,14,16H,7-10H2,1-2H3. The molecular formula is C15H21NO. The summed E-state index contributed by atoms with van der Waals surface area (Å²) in [5.41, 5.74) is 2.66. The molecule has 1 N–H and O–H groups in total. The molecule has 0 radical (unpaired) electrons. The molecule has 1 heterocycles. The van der Waals surface area contributed by atoms with Crippen LogP contribution in [-0.4, -0.2) is 11.8 Å². The van der Waals surface area contributed by atoms with E-state index in [1.54, 1.807) is 0 Å². The first-order valence-electron chi connectivity index (χ1n) is 6.49. The van der Waals surface area contributed by atoms with Crippen LogP contribution in [0.2, 0.25) is 0 Å². The summed E-state index contributed by atoms with van der Waals surface area (Å²) in [5.74, 6) is 0.975.